The third-order valence-electron chi connectivity index (χ3n) is 2.13. The first-order valence-electron chi connectivity index (χ1n) is 4.90. The molecule has 1 aromatic rings. The summed E-state index contributed by atoms with van der Waals surface area (Å²) in [6.45, 7) is 6.43. The second kappa shape index (κ2) is 3.95. The number of rotatable bonds is 3. The number of hydrogen-bond donors (Lipinski definition) is 0. The number of ketones is 1. The van der Waals surface area contributed by atoms with E-state index in [4.69, 9.17) is 0 Å². The Morgan fingerprint density at radius 2 is 2.14 bits per heavy atom. The van der Waals surface area contributed by atoms with Gasteiger partial charge < -0.3 is 0 Å². The standard InChI is InChI=1S/C11H18N2O/c1-11(2,3)6-5-10(14)9-7-12-13(4)8-9/h7-8H,5-6H2,1-4H3. The molecule has 0 saturated carbocycles. The predicted molar refractivity (Wildman–Crippen MR) is 56.2 cm³/mol. The number of carbonyl (C=O) groups is 1. The summed E-state index contributed by atoms with van der Waals surface area (Å²) in [5.41, 5.74) is 0.939. The molecule has 0 fully saturated rings. The molecule has 0 aliphatic carbocycles. The molecule has 0 radical (unpaired) electrons. The Labute approximate surface area is 85.1 Å². The lowest BCUT2D eigenvalue weighted by molar-refractivity contribution is 0.0966. The summed E-state index contributed by atoms with van der Waals surface area (Å²) >= 11 is 0. The van der Waals surface area contributed by atoms with Crippen LogP contribution in [0.4, 0.5) is 0 Å². The molecule has 0 unspecified atom stereocenters. The van der Waals surface area contributed by atoms with Crippen LogP contribution in [0.1, 0.15) is 44.0 Å². The Morgan fingerprint density at radius 3 is 2.57 bits per heavy atom. The van der Waals surface area contributed by atoms with Gasteiger partial charge in [0.15, 0.2) is 5.78 Å². The van der Waals surface area contributed by atoms with E-state index in [9.17, 15) is 4.79 Å². The zero-order valence-electron chi connectivity index (χ0n) is 9.37. The monoisotopic (exact) mass is 194 g/mol. The minimum atomic E-state index is 0.188. The first-order chi connectivity index (χ1) is 6.38. The van der Waals surface area contributed by atoms with Gasteiger partial charge in [0, 0.05) is 19.7 Å². The summed E-state index contributed by atoms with van der Waals surface area (Å²) in [6.07, 6.45) is 4.92. The van der Waals surface area contributed by atoms with Crippen LogP contribution in [0, 0.1) is 5.41 Å². The van der Waals surface area contributed by atoms with Crippen molar-refractivity contribution in [1.82, 2.24) is 9.78 Å². The van der Waals surface area contributed by atoms with Crippen LogP contribution in [0.25, 0.3) is 0 Å². The van der Waals surface area contributed by atoms with Crippen molar-refractivity contribution in [2.75, 3.05) is 0 Å². The van der Waals surface area contributed by atoms with Crippen molar-refractivity contribution in [2.45, 2.75) is 33.6 Å². The van der Waals surface area contributed by atoms with Crippen molar-refractivity contribution >= 4 is 5.78 Å². The van der Waals surface area contributed by atoms with Crippen molar-refractivity contribution in [3.05, 3.63) is 18.0 Å². The van der Waals surface area contributed by atoms with Crippen LogP contribution in [0.3, 0.4) is 0 Å². The van der Waals surface area contributed by atoms with E-state index in [0.717, 1.165) is 12.0 Å². The maximum Gasteiger partial charge on any atom is 0.166 e. The summed E-state index contributed by atoms with van der Waals surface area (Å²) in [5.74, 6) is 0.188. The molecule has 3 heteroatoms. The molecule has 0 aliphatic heterocycles. The van der Waals surface area contributed by atoms with Gasteiger partial charge in [-0.2, -0.15) is 5.10 Å². The summed E-state index contributed by atoms with van der Waals surface area (Å²) in [5, 5.41) is 3.98. The normalized spacial score (nSPS) is 11.7. The lowest BCUT2D eigenvalue weighted by Gasteiger charge is -2.16. The molecular weight excluding hydrogens is 176 g/mol. The van der Waals surface area contributed by atoms with Gasteiger partial charge in [-0.1, -0.05) is 20.8 Å². The maximum atomic E-state index is 11.7. The van der Waals surface area contributed by atoms with Crippen molar-refractivity contribution < 1.29 is 4.79 Å². The summed E-state index contributed by atoms with van der Waals surface area (Å²) in [7, 11) is 1.82. The third kappa shape index (κ3) is 3.32. The highest BCUT2D eigenvalue weighted by Gasteiger charge is 2.14. The number of nitrogens with zero attached hydrogens (tertiary/aromatic N) is 2. The molecule has 14 heavy (non-hydrogen) atoms. The molecule has 1 heterocycles. The highest BCUT2D eigenvalue weighted by molar-refractivity contribution is 5.95. The summed E-state index contributed by atoms with van der Waals surface area (Å²) < 4.78 is 1.66. The van der Waals surface area contributed by atoms with Gasteiger partial charge >= 0.3 is 0 Å². The zero-order chi connectivity index (χ0) is 10.8. The topological polar surface area (TPSA) is 34.9 Å². The molecule has 0 atom stereocenters. The van der Waals surface area contributed by atoms with E-state index in [1.54, 1.807) is 17.1 Å². The first kappa shape index (κ1) is 11.0. The van der Waals surface area contributed by atoms with E-state index in [-0.39, 0.29) is 11.2 Å². The number of Topliss-reactive ketones (excluding diaryl/α,β-unsaturated/α-hetero) is 1. The van der Waals surface area contributed by atoms with Crippen LogP contribution in [-0.4, -0.2) is 15.6 Å². The van der Waals surface area contributed by atoms with Gasteiger partial charge in [-0.25, -0.2) is 0 Å². The number of carbonyl (C=O) groups excluding carboxylic acids is 1. The third-order valence-corrected chi connectivity index (χ3v) is 2.13. The molecule has 1 rings (SSSR count). The van der Waals surface area contributed by atoms with E-state index >= 15 is 0 Å². The van der Waals surface area contributed by atoms with Crippen LogP contribution in [0.2, 0.25) is 0 Å². The molecule has 0 amide bonds. The number of hydrogen-bond acceptors (Lipinski definition) is 2. The van der Waals surface area contributed by atoms with E-state index < -0.39 is 0 Å². The fraction of sp³-hybridized carbons (Fsp3) is 0.636. The van der Waals surface area contributed by atoms with Crippen LogP contribution < -0.4 is 0 Å². The zero-order valence-corrected chi connectivity index (χ0v) is 9.37. The van der Waals surface area contributed by atoms with E-state index in [0.29, 0.717) is 6.42 Å². The molecular formula is C11H18N2O. The van der Waals surface area contributed by atoms with Gasteiger partial charge in [0.05, 0.1) is 11.8 Å². The Morgan fingerprint density at radius 1 is 1.50 bits per heavy atom. The predicted octanol–water partition coefficient (Wildman–Crippen LogP) is 2.43. The van der Waals surface area contributed by atoms with Crippen LogP contribution in [0.15, 0.2) is 12.4 Å². The summed E-state index contributed by atoms with van der Waals surface area (Å²) in [6, 6.07) is 0. The van der Waals surface area contributed by atoms with Gasteiger partial charge in [0.1, 0.15) is 0 Å². The Bertz CT molecular complexity index is 320. The second-order valence-electron chi connectivity index (χ2n) is 4.89. The fourth-order valence-electron chi connectivity index (χ4n) is 1.20. The second-order valence-corrected chi connectivity index (χ2v) is 4.89. The van der Waals surface area contributed by atoms with Gasteiger partial charge in [0.25, 0.3) is 0 Å². The van der Waals surface area contributed by atoms with Gasteiger partial charge in [-0.15, -0.1) is 0 Å². The van der Waals surface area contributed by atoms with Crippen LogP contribution in [-0.2, 0) is 7.05 Å². The van der Waals surface area contributed by atoms with Crippen LogP contribution in [0.5, 0.6) is 0 Å². The molecule has 78 valence electrons. The number of aromatic nitrogens is 2. The Kier molecular flexibility index (Phi) is 3.09. The average Bonchev–Trinajstić information content (AvgIpc) is 2.46. The van der Waals surface area contributed by atoms with E-state index in [1.807, 2.05) is 7.05 Å². The van der Waals surface area contributed by atoms with Crippen LogP contribution >= 0.6 is 0 Å². The first-order valence-corrected chi connectivity index (χ1v) is 4.90. The Balaban J connectivity index is 2.52. The van der Waals surface area contributed by atoms with Crippen molar-refractivity contribution in [2.24, 2.45) is 12.5 Å². The van der Waals surface area contributed by atoms with Gasteiger partial charge in [0.2, 0.25) is 0 Å². The largest absolute Gasteiger partial charge is 0.294 e. The molecule has 3 nitrogen and oxygen atoms in total. The van der Waals surface area contributed by atoms with E-state index in [1.165, 1.54) is 0 Å². The highest BCUT2D eigenvalue weighted by atomic mass is 16.1. The Hall–Kier alpha value is -1.12. The SMILES string of the molecule is Cn1cc(C(=O)CCC(C)(C)C)cn1. The maximum absolute atomic E-state index is 11.7. The minimum absolute atomic E-state index is 0.188. The lowest BCUT2D eigenvalue weighted by Crippen LogP contribution is -2.08. The molecule has 0 N–H and O–H groups in total. The molecule has 0 spiro atoms. The number of aryl methyl sites for hydroxylation is 1. The quantitative estimate of drug-likeness (QED) is 0.693. The van der Waals surface area contributed by atoms with Crippen molar-refractivity contribution in [3.63, 3.8) is 0 Å². The summed E-state index contributed by atoms with van der Waals surface area (Å²) in [4.78, 5) is 11.7. The smallest absolute Gasteiger partial charge is 0.166 e. The van der Waals surface area contributed by atoms with Crippen molar-refractivity contribution in [1.29, 1.82) is 0 Å². The average molecular weight is 194 g/mol. The molecule has 0 bridgehead atoms. The fourth-order valence-corrected chi connectivity index (χ4v) is 1.20. The highest BCUT2D eigenvalue weighted by Crippen LogP contribution is 2.21. The molecule has 0 saturated heterocycles. The molecule has 0 aromatic carbocycles. The molecule has 1 aromatic heterocycles. The minimum Gasteiger partial charge on any atom is -0.294 e. The van der Waals surface area contributed by atoms with Gasteiger partial charge in [-0.3, -0.25) is 9.48 Å². The van der Waals surface area contributed by atoms with E-state index in [2.05, 4.69) is 25.9 Å². The molecule has 0 aliphatic rings. The lowest BCUT2D eigenvalue weighted by atomic mass is 9.89. The van der Waals surface area contributed by atoms with Crippen molar-refractivity contribution in [3.8, 4) is 0 Å². The van der Waals surface area contributed by atoms with Gasteiger partial charge in [-0.05, 0) is 11.8 Å².